The van der Waals surface area contributed by atoms with E-state index in [9.17, 15) is 43.2 Å². The van der Waals surface area contributed by atoms with Gasteiger partial charge in [-0.05, 0) is 43.4 Å². The maximum Gasteiger partial charge on any atom is 0.472 e. The molecular weight excluding hydrogens is 1270 g/mol. The first-order valence-corrected chi connectivity index (χ1v) is 43.4. The average molecular weight is 1420 g/mol. The number of carbonyl (C=O) groups is 4. The molecule has 0 spiro atoms. The van der Waals surface area contributed by atoms with Crippen LogP contribution in [0.4, 0.5) is 0 Å². The maximum absolute atomic E-state index is 13.1. The molecule has 576 valence electrons. The van der Waals surface area contributed by atoms with E-state index in [0.29, 0.717) is 25.7 Å². The lowest BCUT2D eigenvalue weighted by molar-refractivity contribution is -0.161. The molecule has 3 N–H and O–H groups in total. The summed E-state index contributed by atoms with van der Waals surface area (Å²) in [5.74, 6) is 0.248. The number of phosphoric acid groups is 2. The number of ether oxygens (including phenoxy) is 4. The molecule has 0 bridgehead atoms. The minimum Gasteiger partial charge on any atom is -0.462 e. The van der Waals surface area contributed by atoms with E-state index in [-0.39, 0.29) is 25.7 Å². The van der Waals surface area contributed by atoms with Gasteiger partial charge in [0.05, 0.1) is 26.4 Å². The lowest BCUT2D eigenvalue weighted by Gasteiger charge is -2.21. The van der Waals surface area contributed by atoms with E-state index in [0.717, 1.165) is 108 Å². The van der Waals surface area contributed by atoms with Crippen molar-refractivity contribution >= 4 is 39.5 Å². The minimum atomic E-state index is -4.96. The van der Waals surface area contributed by atoms with Crippen LogP contribution in [0, 0.1) is 17.8 Å². The van der Waals surface area contributed by atoms with E-state index in [1.54, 1.807) is 0 Å². The van der Waals surface area contributed by atoms with Crippen LogP contribution in [0.25, 0.3) is 0 Å². The van der Waals surface area contributed by atoms with Crippen molar-refractivity contribution in [3.05, 3.63) is 0 Å². The van der Waals surface area contributed by atoms with Crippen LogP contribution in [0.15, 0.2) is 0 Å². The van der Waals surface area contributed by atoms with Gasteiger partial charge in [-0.2, -0.15) is 0 Å². The van der Waals surface area contributed by atoms with E-state index in [4.69, 9.17) is 37.0 Å². The normalized spacial score (nSPS) is 14.3. The summed E-state index contributed by atoms with van der Waals surface area (Å²) in [6, 6.07) is 0. The van der Waals surface area contributed by atoms with Gasteiger partial charge in [0.2, 0.25) is 0 Å². The molecule has 0 aliphatic heterocycles. The van der Waals surface area contributed by atoms with Crippen LogP contribution in [0.2, 0.25) is 0 Å². The number of hydrogen-bond acceptors (Lipinski definition) is 15. The second-order valence-corrected chi connectivity index (χ2v) is 32.2. The maximum atomic E-state index is 13.1. The summed E-state index contributed by atoms with van der Waals surface area (Å²) in [5.41, 5.74) is 0. The molecule has 0 heterocycles. The topological polar surface area (TPSA) is 237 Å². The van der Waals surface area contributed by atoms with Crippen LogP contribution < -0.4 is 0 Å². The van der Waals surface area contributed by atoms with Gasteiger partial charge in [0.25, 0.3) is 0 Å². The first-order chi connectivity index (χ1) is 46.8. The molecule has 0 saturated heterocycles. The number of rotatable bonds is 76. The Hall–Kier alpha value is -1.94. The summed E-state index contributed by atoms with van der Waals surface area (Å²) < 4.78 is 68.6. The Morgan fingerprint density at radius 3 is 0.784 bits per heavy atom. The summed E-state index contributed by atoms with van der Waals surface area (Å²) in [4.78, 5) is 72.9. The Bertz CT molecular complexity index is 1890. The molecule has 97 heavy (non-hydrogen) atoms. The van der Waals surface area contributed by atoms with E-state index >= 15 is 0 Å². The van der Waals surface area contributed by atoms with Gasteiger partial charge in [0.15, 0.2) is 12.2 Å². The molecule has 6 atom stereocenters. The van der Waals surface area contributed by atoms with Crippen molar-refractivity contribution in [2.45, 2.75) is 420 Å². The van der Waals surface area contributed by atoms with Crippen molar-refractivity contribution in [3.8, 4) is 0 Å². The highest BCUT2D eigenvalue weighted by Crippen LogP contribution is 2.45. The third kappa shape index (κ3) is 70.9. The van der Waals surface area contributed by atoms with Crippen molar-refractivity contribution in [2.24, 2.45) is 17.8 Å². The third-order valence-electron chi connectivity index (χ3n) is 18.5. The van der Waals surface area contributed by atoms with Crippen LogP contribution in [0.1, 0.15) is 402 Å². The molecule has 17 nitrogen and oxygen atoms in total. The minimum absolute atomic E-state index is 0.105. The highest BCUT2D eigenvalue weighted by atomic mass is 31.2. The summed E-state index contributed by atoms with van der Waals surface area (Å²) in [7, 11) is -9.92. The quantitative estimate of drug-likeness (QED) is 0.0222. The summed E-state index contributed by atoms with van der Waals surface area (Å²) in [5, 5.41) is 10.6. The molecule has 19 heteroatoms. The van der Waals surface area contributed by atoms with Crippen LogP contribution >= 0.6 is 15.6 Å². The van der Waals surface area contributed by atoms with Gasteiger partial charge >= 0.3 is 39.5 Å². The standard InChI is InChI=1S/C78H152O17P2/c1-8-10-11-12-13-14-23-30-38-45-52-59-75(80)88-66-74(95-78(83)62-55-48-41-34-33-37-44-51-58-71(7)9-2)68-93-97(86,87)91-64-72(79)63-90-96(84,85)92-67-73(65-89-76(81)60-53-46-39-31-26-22-18-20-25-29-36-43-50-57-70(5)6)94-77(82)61-54-47-40-32-27-21-17-15-16-19-24-28-35-42-49-56-69(3)4/h69-74,79H,8-68H2,1-7H3,(H,84,85)(H,86,87)/t71?,72-,73-,74-/m1/s1. The molecule has 0 aliphatic carbocycles. The first kappa shape index (κ1) is 95.1. The Kier molecular flexibility index (Phi) is 67.1. The second kappa shape index (κ2) is 68.5. The number of esters is 4. The van der Waals surface area contributed by atoms with Crippen LogP contribution in [-0.2, 0) is 65.4 Å². The van der Waals surface area contributed by atoms with Crippen LogP contribution in [-0.4, -0.2) is 96.7 Å². The van der Waals surface area contributed by atoms with E-state index in [1.807, 2.05) is 0 Å². The molecule has 0 fully saturated rings. The van der Waals surface area contributed by atoms with Gasteiger partial charge in [0.1, 0.15) is 19.3 Å². The van der Waals surface area contributed by atoms with Gasteiger partial charge in [0, 0.05) is 25.7 Å². The molecule has 0 rings (SSSR count). The van der Waals surface area contributed by atoms with Crippen molar-refractivity contribution in [3.63, 3.8) is 0 Å². The highest BCUT2D eigenvalue weighted by Gasteiger charge is 2.30. The Morgan fingerprint density at radius 1 is 0.299 bits per heavy atom. The molecular formula is C78H152O17P2. The van der Waals surface area contributed by atoms with Crippen molar-refractivity contribution < 1.29 is 80.2 Å². The van der Waals surface area contributed by atoms with Crippen LogP contribution in [0.5, 0.6) is 0 Å². The van der Waals surface area contributed by atoms with Gasteiger partial charge in [-0.15, -0.1) is 0 Å². The summed E-state index contributed by atoms with van der Waals surface area (Å²) >= 11 is 0. The number of carbonyl (C=O) groups excluding carboxylic acids is 4. The number of hydrogen-bond donors (Lipinski definition) is 3. The van der Waals surface area contributed by atoms with Crippen molar-refractivity contribution in [1.82, 2.24) is 0 Å². The third-order valence-corrected chi connectivity index (χ3v) is 20.4. The first-order valence-electron chi connectivity index (χ1n) is 40.4. The lowest BCUT2D eigenvalue weighted by atomic mass is 9.99. The zero-order chi connectivity index (χ0) is 71.6. The Labute approximate surface area is 594 Å². The molecule has 3 unspecified atom stereocenters. The smallest absolute Gasteiger partial charge is 0.462 e. The SMILES string of the molecule is CCCCCCCCCCCCCC(=O)OC[C@H](COP(=O)(O)OC[C@H](O)COP(=O)(O)OC[C@@H](COC(=O)CCCCCCCCCCCCCCCC(C)C)OC(=O)CCCCCCCCCCCCCCCCCC(C)C)OC(=O)CCCCCCCCCCC(C)CC. The molecule has 0 aromatic rings. The van der Waals surface area contributed by atoms with Crippen molar-refractivity contribution in [1.29, 1.82) is 0 Å². The van der Waals surface area contributed by atoms with Crippen LogP contribution in [0.3, 0.4) is 0 Å². The molecule has 0 radical (unpaired) electrons. The van der Waals surface area contributed by atoms with E-state index < -0.39 is 97.5 Å². The predicted molar refractivity (Wildman–Crippen MR) is 395 cm³/mol. The van der Waals surface area contributed by atoms with Gasteiger partial charge < -0.3 is 33.8 Å². The molecule has 0 aromatic heterocycles. The van der Waals surface area contributed by atoms with E-state index in [2.05, 4.69) is 48.5 Å². The van der Waals surface area contributed by atoms with Crippen molar-refractivity contribution in [2.75, 3.05) is 39.6 Å². The summed E-state index contributed by atoms with van der Waals surface area (Å²) in [6.07, 6.45) is 55.3. The molecule has 0 aliphatic rings. The fraction of sp³-hybridized carbons (Fsp3) is 0.949. The second-order valence-electron chi connectivity index (χ2n) is 29.3. The lowest BCUT2D eigenvalue weighted by Crippen LogP contribution is -2.30. The van der Waals surface area contributed by atoms with Gasteiger partial charge in [-0.25, -0.2) is 9.13 Å². The summed E-state index contributed by atoms with van der Waals surface area (Å²) in [6.45, 7) is 12.0. The fourth-order valence-corrected chi connectivity index (χ4v) is 13.5. The predicted octanol–water partition coefficient (Wildman–Crippen LogP) is 23.0. The molecule has 0 saturated carbocycles. The monoisotopic (exact) mass is 1420 g/mol. The zero-order valence-electron chi connectivity index (χ0n) is 63.5. The number of unbranched alkanes of at least 4 members (excludes halogenated alkanes) is 43. The Balaban J connectivity index is 5.25. The zero-order valence-corrected chi connectivity index (χ0v) is 65.3. The number of aliphatic hydroxyl groups excluding tert-OH is 1. The largest absolute Gasteiger partial charge is 0.472 e. The highest BCUT2D eigenvalue weighted by molar-refractivity contribution is 7.47. The fourth-order valence-electron chi connectivity index (χ4n) is 11.9. The number of aliphatic hydroxyl groups is 1. The Morgan fingerprint density at radius 2 is 0.526 bits per heavy atom. The average Bonchev–Trinajstić information content (AvgIpc) is 1.21. The molecule has 0 aromatic carbocycles. The van der Waals surface area contributed by atoms with E-state index in [1.165, 1.54) is 212 Å². The molecule has 0 amide bonds. The number of phosphoric ester groups is 2. The van der Waals surface area contributed by atoms with Gasteiger partial charge in [-0.3, -0.25) is 37.3 Å². The van der Waals surface area contributed by atoms with Gasteiger partial charge in [-0.1, -0.05) is 350 Å².